The van der Waals surface area contributed by atoms with E-state index >= 15 is 0 Å². The van der Waals surface area contributed by atoms with Crippen molar-refractivity contribution in [3.05, 3.63) is 35.9 Å². The summed E-state index contributed by atoms with van der Waals surface area (Å²) in [5.41, 5.74) is 1.08. The van der Waals surface area contributed by atoms with Gasteiger partial charge in [-0.1, -0.05) is 36.8 Å². The largest absolute Gasteiger partial charge is 0.280 e. The van der Waals surface area contributed by atoms with Crippen LogP contribution in [0.15, 0.2) is 30.3 Å². The predicted octanol–water partition coefficient (Wildman–Crippen LogP) is 2.85. The Balaban J connectivity index is 1.79. The Morgan fingerprint density at radius 2 is 1.86 bits per heavy atom. The molecule has 116 valence electrons. The van der Waals surface area contributed by atoms with Gasteiger partial charge < -0.3 is 0 Å². The Hall–Kier alpha value is -0.910. The fourth-order valence-electron chi connectivity index (χ4n) is 3.18. The first-order chi connectivity index (χ1) is 10.1. The average molecular weight is 308 g/mol. The Kier molecular flexibility index (Phi) is 4.33. The maximum Gasteiger partial charge on any atom is 0.280 e. The van der Waals surface area contributed by atoms with Crippen molar-refractivity contribution >= 4 is 10.2 Å². The molecule has 4 nitrogen and oxygen atoms in total. The summed E-state index contributed by atoms with van der Waals surface area (Å²) in [6.07, 6.45) is 5.26. The van der Waals surface area contributed by atoms with Crippen LogP contribution in [-0.4, -0.2) is 25.3 Å². The lowest BCUT2D eigenvalue weighted by molar-refractivity contribution is 0.263. The van der Waals surface area contributed by atoms with Gasteiger partial charge in [-0.15, -0.1) is 0 Å². The van der Waals surface area contributed by atoms with Gasteiger partial charge in [0.25, 0.3) is 10.2 Å². The second-order valence-electron chi connectivity index (χ2n) is 6.30. The molecule has 2 aliphatic rings. The van der Waals surface area contributed by atoms with Crippen LogP contribution in [0.25, 0.3) is 0 Å². The van der Waals surface area contributed by atoms with Gasteiger partial charge in [-0.05, 0) is 44.1 Å². The van der Waals surface area contributed by atoms with E-state index in [1.165, 1.54) is 0 Å². The molecule has 1 saturated heterocycles. The quantitative estimate of drug-likeness (QED) is 0.909. The Bertz CT molecular complexity index is 569. The summed E-state index contributed by atoms with van der Waals surface area (Å²) in [6, 6.07) is 9.98. The maximum atomic E-state index is 12.7. The highest BCUT2D eigenvalue weighted by atomic mass is 32.2. The molecule has 2 fully saturated rings. The summed E-state index contributed by atoms with van der Waals surface area (Å²) < 4.78 is 30.1. The van der Waals surface area contributed by atoms with E-state index in [0.717, 1.165) is 37.7 Å². The fourth-order valence-corrected chi connectivity index (χ4v) is 4.92. The molecule has 0 radical (unpaired) electrons. The lowest BCUT2D eigenvalue weighted by atomic mass is 10.0. The second-order valence-corrected chi connectivity index (χ2v) is 7.96. The normalized spacial score (nSPS) is 25.7. The van der Waals surface area contributed by atoms with Crippen LogP contribution in [0.1, 0.15) is 50.6 Å². The molecule has 0 spiro atoms. The van der Waals surface area contributed by atoms with Gasteiger partial charge in [0.05, 0.1) is 6.04 Å². The average Bonchev–Trinajstić information content (AvgIpc) is 3.31. The zero-order valence-electron chi connectivity index (χ0n) is 12.5. The highest BCUT2D eigenvalue weighted by Crippen LogP contribution is 2.41. The Morgan fingerprint density at radius 1 is 1.14 bits per heavy atom. The Labute approximate surface area is 127 Å². The number of nitrogens with zero attached hydrogens (tertiary/aromatic N) is 1. The van der Waals surface area contributed by atoms with Crippen molar-refractivity contribution < 1.29 is 8.42 Å². The van der Waals surface area contributed by atoms with Gasteiger partial charge in [-0.25, -0.2) is 0 Å². The minimum atomic E-state index is -3.40. The lowest BCUT2D eigenvalue weighted by Gasteiger charge is -2.33. The molecule has 1 aromatic rings. The monoisotopic (exact) mass is 308 g/mol. The third-order valence-electron chi connectivity index (χ3n) is 4.58. The number of hydrogen-bond donors (Lipinski definition) is 1. The summed E-state index contributed by atoms with van der Waals surface area (Å²) in [4.78, 5) is 0. The lowest BCUT2D eigenvalue weighted by Crippen LogP contribution is -2.49. The van der Waals surface area contributed by atoms with Gasteiger partial charge in [0, 0.05) is 12.6 Å². The fraction of sp³-hybridized carbons (Fsp3) is 0.625. The molecule has 21 heavy (non-hydrogen) atoms. The van der Waals surface area contributed by atoms with E-state index < -0.39 is 10.2 Å². The zero-order valence-corrected chi connectivity index (χ0v) is 13.3. The molecule has 1 N–H and O–H groups in total. The van der Waals surface area contributed by atoms with Crippen molar-refractivity contribution in [2.24, 2.45) is 5.92 Å². The molecular weight excluding hydrogens is 284 g/mol. The number of nitrogens with one attached hydrogen (secondary N) is 1. The molecule has 2 atom stereocenters. The maximum absolute atomic E-state index is 12.7. The molecule has 1 saturated carbocycles. The molecule has 0 amide bonds. The number of rotatable bonds is 5. The smallest absolute Gasteiger partial charge is 0.195 e. The van der Waals surface area contributed by atoms with Gasteiger partial charge in [-0.3, -0.25) is 0 Å². The molecule has 5 heteroatoms. The van der Waals surface area contributed by atoms with Gasteiger partial charge in [0.15, 0.2) is 0 Å². The van der Waals surface area contributed by atoms with Gasteiger partial charge in [0.2, 0.25) is 0 Å². The van der Waals surface area contributed by atoms with Crippen molar-refractivity contribution in [2.75, 3.05) is 6.54 Å². The molecule has 0 bridgehead atoms. The van der Waals surface area contributed by atoms with E-state index in [2.05, 4.69) is 4.72 Å². The molecule has 0 aromatic heterocycles. The first-order valence-electron chi connectivity index (χ1n) is 7.92. The number of benzene rings is 1. The van der Waals surface area contributed by atoms with Crippen molar-refractivity contribution in [2.45, 2.75) is 51.1 Å². The van der Waals surface area contributed by atoms with E-state index in [4.69, 9.17) is 0 Å². The molecule has 3 rings (SSSR count). The summed E-state index contributed by atoms with van der Waals surface area (Å²) >= 11 is 0. The minimum absolute atomic E-state index is 0.0784. The van der Waals surface area contributed by atoms with E-state index in [1.54, 1.807) is 4.31 Å². The first kappa shape index (κ1) is 15.0. The predicted molar refractivity (Wildman–Crippen MR) is 84.0 cm³/mol. The van der Waals surface area contributed by atoms with E-state index in [-0.39, 0.29) is 12.1 Å². The second kappa shape index (κ2) is 6.07. The van der Waals surface area contributed by atoms with Crippen molar-refractivity contribution in [3.8, 4) is 0 Å². The standard InChI is InChI=1S/C16H24N2O2S/c1-13-7-5-6-12-18(13)21(19,20)17-16(15-10-11-15)14-8-3-2-4-9-14/h2-4,8-9,13,15-17H,5-7,10-12H2,1H3/t13-,16+/m1/s1. The van der Waals surface area contributed by atoms with Crippen LogP contribution in [0.5, 0.6) is 0 Å². The van der Waals surface area contributed by atoms with E-state index in [0.29, 0.717) is 12.5 Å². The SMILES string of the molecule is C[C@@H]1CCCCN1S(=O)(=O)N[C@@H](c1ccccc1)C1CC1. The van der Waals surface area contributed by atoms with Crippen LogP contribution in [-0.2, 0) is 10.2 Å². The van der Waals surface area contributed by atoms with Crippen molar-refractivity contribution in [1.82, 2.24) is 9.03 Å². The van der Waals surface area contributed by atoms with Gasteiger partial charge in [0.1, 0.15) is 0 Å². The van der Waals surface area contributed by atoms with Gasteiger partial charge >= 0.3 is 0 Å². The van der Waals surface area contributed by atoms with Crippen LogP contribution in [0, 0.1) is 5.92 Å². The summed E-state index contributed by atoms with van der Waals surface area (Å²) in [5.74, 6) is 0.447. The minimum Gasteiger partial charge on any atom is -0.195 e. The van der Waals surface area contributed by atoms with Crippen LogP contribution < -0.4 is 4.72 Å². The number of piperidine rings is 1. The third kappa shape index (κ3) is 3.47. The zero-order chi connectivity index (χ0) is 14.9. The highest BCUT2D eigenvalue weighted by molar-refractivity contribution is 7.87. The molecule has 1 aliphatic heterocycles. The van der Waals surface area contributed by atoms with Crippen LogP contribution in [0.2, 0.25) is 0 Å². The van der Waals surface area contributed by atoms with Gasteiger partial charge in [-0.2, -0.15) is 17.4 Å². The van der Waals surface area contributed by atoms with Crippen molar-refractivity contribution in [3.63, 3.8) is 0 Å². The summed E-state index contributed by atoms with van der Waals surface area (Å²) in [6.45, 7) is 2.65. The third-order valence-corrected chi connectivity index (χ3v) is 6.29. The van der Waals surface area contributed by atoms with E-state index in [9.17, 15) is 8.42 Å². The molecule has 1 heterocycles. The van der Waals surface area contributed by atoms with Crippen molar-refractivity contribution in [1.29, 1.82) is 0 Å². The number of hydrogen-bond acceptors (Lipinski definition) is 2. The summed E-state index contributed by atoms with van der Waals surface area (Å²) in [7, 11) is -3.40. The molecule has 1 aromatic carbocycles. The Morgan fingerprint density at radius 3 is 2.48 bits per heavy atom. The topological polar surface area (TPSA) is 49.4 Å². The highest BCUT2D eigenvalue weighted by Gasteiger charge is 2.38. The van der Waals surface area contributed by atoms with Crippen LogP contribution in [0.4, 0.5) is 0 Å². The summed E-state index contributed by atoms with van der Waals surface area (Å²) in [5, 5.41) is 0. The molecular formula is C16H24N2O2S. The first-order valence-corrected chi connectivity index (χ1v) is 9.36. The van der Waals surface area contributed by atoms with Crippen LogP contribution in [0.3, 0.4) is 0 Å². The molecule has 0 unspecified atom stereocenters. The van der Waals surface area contributed by atoms with Crippen LogP contribution >= 0.6 is 0 Å². The molecule has 1 aliphatic carbocycles. The van der Waals surface area contributed by atoms with E-state index in [1.807, 2.05) is 37.3 Å².